The number of aromatic nitrogens is 1. The van der Waals surface area contributed by atoms with Gasteiger partial charge in [-0.15, -0.1) is 0 Å². The van der Waals surface area contributed by atoms with E-state index in [1.807, 2.05) is 6.07 Å². The molecule has 3 aromatic carbocycles. The highest BCUT2D eigenvalue weighted by Gasteiger charge is 2.36. The van der Waals surface area contributed by atoms with Gasteiger partial charge in [0.05, 0.1) is 14.2 Å². The Morgan fingerprint density at radius 3 is 2.43 bits per heavy atom. The third kappa shape index (κ3) is 2.29. The summed E-state index contributed by atoms with van der Waals surface area (Å²) in [6, 6.07) is 19.4. The summed E-state index contributed by atoms with van der Waals surface area (Å²) >= 11 is 0. The van der Waals surface area contributed by atoms with E-state index in [0.29, 0.717) is 0 Å². The number of para-hydroxylation sites is 1. The molecule has 3 heteroatoms. The summed E-state index contributed by atoms with van der Waals surface area (Å²) in [5.74, 6) is 1.82. The minimum Gasteiger partial charge on any atom is -0.497 e. The quantitative estimate of drug-likeness (QED) is 0.426. The number of hydrogen-bond acceptors (Lipinski definition) is 2. The van der Waals surface area contributed by atoms with Gasteiger partial charge >= 0.3 is 0 Å². The van der Waals surface area contributed by atoms with Crippen molar-refractivity contribution in [3.63, 3.8) is 0 Å². The molecule has 1 aliphatic carbocycles. The number of H-pyrrole nitrogens is 1. The first-order chi connectivity index (χ1) is 13.6. The monoisotopic (exact) mass is 369 g/mol. The fourth-order valence-electron chi connectivity index (χ4n) is 4.69. The Morgan fingerprint density at radius 1 is 0.821 bits per heavy atom. The first-order valence-electron chi connectivity index (χ1n) is 9.56. The number of aromatic amines is 1. The zero-order valence-corrected chi connectivity index (χ0v) is 16.6. The third-order valence-corrected chi connectivity index (χ3v) is 5.90. The van der Waals surface area contributed by atoms with Crippen molar-refractivity contribution in [2.75, 3.05) is 14.2 Å². The van der Waals surface area contributed by atoms with Gasteiger partial charge < -0.3 is 14.5 Å². The molecule has 0 amide bonds. The minimum absolute atomic E-state index is 0.127. The lowest BCUT2D eigenvalue weighted by atomic mass is 9.86. The van der Waals surface area contributed by atoms with Crippen molar-refractivity contribution >= 4 is 10.9 Å². The Morgan fingerprint density at radius 2 is 1.64 bits per heavy atom. The van der Waals surface area contributed by atoms with Crippen molar-refractivity contribution in [1.82, 2.24) is 4.98 Å². The molecule has 28 heavy (non-hydrogen) atoms. The van der Waals surface area contributed by atoms with Crippen LogP contribution < -0.4 is 9.47 Å². The number of fused-ring (bicyclic) bond motifs is 4. The molecule has 1 aliphatic rings. The molecule has 5 rings (SSSR count). The molecule has 4 aromatic rings. The van der Waals surface area contributed by atoms with Gasteiger partial charge in [0.15, 0.2) is 0 Å². The van der Waals surface area contributed by atoms with Crippen LogP contribution in [0.1, 0.15) is 33.9 Å². The summed E-state index contributed by atoms with van der Waals surface area (Å²) in [6.45, 7) is 4.30. The van der Waals surface area contributed by atoms with Gasteiger partial charge in [-0.05, 0) is 48.2 Å². The molecule has 0 saturated heterocycles. The van der Waals surface area contributed by atoms with Crippen LogP contribution in [0.25, 0.3) is 22.0 Å². The molecule has 0 saturated carbocycles. The van der Waals surface area contributed by atoms with Crippen molar-refractivity contribution in [2.45, 2.75) is 19.8 Å². The van der Waals surface area contributed by atoms with Crippen LogP contribution >= 0.6 is 0 Å². The molecule has 0 aliphatic heterocycles. The van der Waals surface area contributed by atoms with Gasteiger partial charge in [0.25, 0.3) is 0 Å². The van der Waals surface area contributed by atoms with E-state index in [4.69, 9.17) is 9.47 Å². The van der Waals surface area contributed by atoms with E-state index in [1.54, 1.807) is 14.2 Å². The Bertz CT molecular complexity index is 1220. The van der Waals surface area contributed by atoms with Crippen LogP contribution in [0, 0.1) is 13.8 Å². The van der Waals surface area contributed by atoms with E-state index in [1.165, 1.54) is 50.0 Å². The molecule has 140 valence electrons. The molecule has 3 nitrogen and oxygen atoms in total. The van der Waals surface area contributed by atoms with E-state index >= 15 is 0 Å². The Kier molecular flexibility index (Phi) is 3.73. The smallest absolute Gasteiger partial charge is 0.127 e. The number of ether oxygens (including phenoxy) is 2. The lowest BCUT2D eigenvalue weighted by Gasteiger charge is -2.18. The Labute approximate surface area is 164 Å². The van der Waals surface area contributed by atoms with Gasteiger partial charge in [-0.3, -0.25) is 0 Å². The lowest BCUT2D eigenvalue weighted by molar-refractivity contribution is 0.391. The summed E-state index contributed by atoms with van der Waals surface area (Å²) in [5.41, 5.74) is 9.95. The topological polar surface area (TPSA) is 34.2 Å². The van der Waals surface area contributed by atoms with E-state index < -0.39 is 0 Å². The van der Waals surface area contributed by atoms with Gasteiger partial charge in [-0.25, -0.2) is 0 Å². The Hall–Kier alpha value is -3.20. The Balaban J connectivity index is 1.89. The summed E-state index contributed by atoms with van der Waals surface area (Å²) in [5, 5.41) is 1.27. The van der Waals surface area contributed by atoms with E-state index in [9.17, 15) is 0 Å². The molecule has 1 aromatic heterocycles. The highest BCUT2D eigenvalue weighted by molar-refractivity contribution is 5.91. The van der Waals surface area contributed by atoms with Crippen LogP contribution in [0.5, 0.6) is 11.5 Å². The van der Waals surface area contributed by atoms with Crippen molar-refractivity contribution in [1.29, 1.82) is 0 Å². The van der Waals surface area contributed by atoms with Gasteiger partial charge in [0.1, 0.15) is 11.5 Å². The van der Waals surface area contributed by atoms with Crippen LogP contribution in [0.3, 0.4) is 0 Å². The third-order valence-electron chi connectivity index (χ3n) is 5.90. The van der Waals surface area contributed by atoms with Crippen LogP contribution in [0.15, 0.2) is 54.6 Å². The molecule has 0 radical (unpaired) electrons. The summed E-state index contributed by atoms with van der Waals surface area (Å²) in [4.78, 5) is 3.57. The molecular weight excluding hydrogens is 346 g/mol. The zero-order valence-electron chi connectivity index (χ0n) is 16.6. The molecule has 0 fully saturated rings. The molecule has 0 bridgehead atoms. The number of aryl methyl sites for hydroxylation is 2. The molecule has 0 unspecified atom stereocenters. The SMILES string of the molecule is COc1cc(OC)c2c(c1)-c1cc(C)ccc1[C@H]2c1c(C)[nH]c2ccccc12. The molecule has 1 heterocycles. The molecular formula is C25H23NO2. The fourth-order valence-corrected chi connectivity index (χ4v) is 4.69. The van der Waals surface area contributed by atoms with Crippen molar-refractivity contribution < 1.29 is 9.47 Å². The van der Waals surface area contributed by atoms with Crippen molar-refractivity contribution in [3.05, 3.63) is 82.5 Å². The van der Waals surface area contributed by atoms with Gasteiger partial charge in [0, 0.05) is 34.1 Å². The van der Waals surface area contributed by atoms with E-state index in [2.05, 4.69) is 67.4 Å². The summed E-state index contributed by atoms with van der Waals surface area (Å²) in [7, 11) is 3.44. The standard InChI is InChI=1S/C25H23NO2/c1-14-9-10-17-19(11-14)20-12-16(27-3)13-22(28-4)24(20)25(17)23-15(2)26-21-8-6-5-7-18(21)23/h5-13,25-26H,1-4H3/t25-/m0/s1. The van der Waals surface area contributed by atoms with Gasteiger partial charge in [-0.2, -0.15) is 0 Å². The summed E-state index contributed by atoms with van der Waals surface area (Å²) in [6.07, 6.45) is 0. The average molecular weight is 369 g/mol. The number of rotatable bonds is 3. The fraction of sp³-hybridized carbons (Fsp3) is 0.200. The summed E-state index contributed by atoms with van der Waals surface area (Å²) < 4.78 is 11.4. The maximum atomic E-state index is 5.85. The van der Waals surface area contributed by atoms with E-state index in [0.717, 1.165) is 11.5 Å². The molecule has 0 spiro atoms. The van der Waals surface area contributed by atoms with Crippen molar-refractivity contribution in [2.24, 2.45) is 0 Å². The maximum Gasteiger partial charge on any atom is 0.127 e. The van der Waals surface area contributed by atoms with Gasteiger partial charge in [-0.1, -0.05) is 42.0 Å². The van der Waals surface area contributed by atoms with Crippen LogP contribution in [-0.4, -0.2) is 19.2 Å². The second kappa shape index (κ2) is 6.16. The number of hydrogen-bond donors (Lipinski definition) is 1. The second-order valence-corrected chi connectivity index (χ2v) is 7.52. The average Bonchev–Trinajstić information content (AvgIpc) is 3.20. The predicted octanol–water partition coefficient (Wildman–Crippen LogP) is 5.96. The zero-order chi connectivity index (χ0) is 19.4. The second-order valence-electron chi connectivity index (χ2n) is 7.52. The van der Waals surface area contributed by atoms with Crippen molar-refractivity contribution in [3.8, 4) is 22.6 Å². The molecule has 1 atom stereocenters. The lowest BCUT2D eigenvalue weighted by Crippen LogP contribution is -2.03. The maximum absolute atomic E-state index is 5.85. The number of benzene rings is 3. The van der Waals surface area contributed by atoms with Crippen LogP contribution in [-0.2, 0) is 0 Å². The first kappa shape index (κ1) is 16.9. The van der Waals surface area contributed by atoms with Crippen LogP contribution in [0.4, 0.5) is 0 Å². The number of nitrogens with one attached hydrogen (secondary N) is 1. The normalized spacial score (nSPS) is 14.8. The predicted molar refractivity (Wildman–Crippen MR) is 114 cm³/mol. The highest BCUT2D eigenvalue weighted by atomic mass is 16.5. The minimum atomic E-state index is 0.127. The number of methoxy groups -OCH3 is 2. The first-order valence-corrected chi connectivity index (χ1v) is 9.56. The van der Waals surface area contributed by atoms with Gasteiger partial charge in [0.2, 0.25) is 0 Å². The largest absolute Gasteiger partial charge is 0.497 e. The van der Waals surface area contributed by atoms with E-state index in [-0.39, 0.29) is 5.92 Å². The molecule has 1 N–H and O–H groups in total. The highest BCUT2D eigenvalue weighted by Crippen LogP contribution is 2.54. The van der Waals surface area contributed by atoms with Crippen LogP contribution in [0.2, 0.25) is 0 Å².